The first kappa shape index (κ1) is 22.1. The number of phenols is 1. The van der Waals surface area contributed by atoms with Crippen LogP contribution in [0.15, 0.2) is 36.5 Å². The smallest absolute Gasteiger partial charge is 0.187 e. The third kappa shape index (κ3) is 4.43. The Morgan fingerprint density at radius 3 is 2.41 bits per heavy atom. The quantitative estimate of drug-likeness (QED) is 0.456. The number of pyridine rings is 1. The summed E-state index contributed by atoms with van der Waals surface area (Å²) in [5.74, 6) is -2.48. The highest BCUT2D eigenvalue weighted by Crippen LogP contribution is 2.35. The number of hydrogen-bond donors (Lipinski definition) is 3. The molecule has 7 heteroatoms. The van der Waals surface area contributed by atoms with Crippen LogP contribution in [0.1, 0.15) is 43.0 Å². The van der Waals surface area contributed by atoms with Crippen LogP contribution in [0.4, 0.5) is 14.5 Å². The summed E-state index contributed by atoms with van der Waals surface area (Å²) in [5, 5.41) is 17.0. The van der Waals surface area contributed by atoms with Gasteiger partial charge >= 0.3 is 0 Å². The minimum atomic E-state index is -1.02. The van der Waals surface area contributed by atoms with Gasteiger partial charge in [-0.15, -0.1) is 0 Å². The maximum Gasteiger partial charge on any atom is 0.187 e. The minimum Gasteiger partial charge on any atom is -0.503 e. The van der Waals surface area contributed by atoms with Crippen LogP contribution in [0, 0.1) is 17.6 Å². The molecule has 1 aliphatic carbocycles. The van der Waals surface area contributed by atoms with Crippen molar-refractivity contribution in [3.63, 3.8) is 0 Å². The van der Waals surface area contributed by atoms with E-state index in [4.69, 9.17) is 0 Å². The van der Waals surface area contributed by atoms with Gasteiger partial charge in [-0.1, -0.05) is 6.07 Å². The van der Waals surface area contributed by atoms with Gasteiger partial charge in [0, 0.05) is 17.6 Å². The van der Waals surface area contributed by atoms with Crippen LogP contribution in [0.25, 0.3) is 22.0 Å². The molecule has 1 saturated carbocycles. The Labute approximate surface area is 185 Å². The number of fused-ring (bicyclic) bond motifs is 1. The maximum absolute atomic E-state index is 13.9. The fraction of sp³-hybridized carbons (Fsp3) is 0.360. The Balaban J connectivity index is 1.74. The van der Waals surface area contributed by atoms with Gasteiger partial charge in [0.05, 0.1) is 16.8 Å². The van der Waals surface area contributed by atoms with Gasteiger partial charge in [0.1, 0.15) is 0 Å². The molecular weight excluding hydrogens is 412 g/mol. The van der Waals surface area contributed by atoms with E-state index in [2.05, 4.69) is 15.6 Å². The van der Waals surface area contributed by atoms with Crippen LogP contribution >= 0.6 is 0 Å². The maximum atomic E-state index is 13.9. The molecule has 0 aliphatic heterocycles. The van der Waals surface area contributed by atoms with Crippen molar-refractivity contribution in [3.8, 4) is 16.9 Å². The van der Waals surface area contributed by atoms with Gasteiger partial charge in [0.25, 0.3) is 0 Å². The van der Waals surface area contributed by atoms with E-state index in [0.29, 0.717) is 33.8 Å². The van der Waals surface area contributed by atoms with E-state index >= 15 is 0 Å². The zero-order valence-corrected chi connectivity index (χ0v) is 18.2. The monoisotopic (exact) mass is 439 g/mol. The van der Waals surface area contributed by atoms with Crippen LogP contribution in [0.3, 0.4) is 0 Å². The van der Waals surface area contributed by atoms with Crippen LogP contribution in [0.2, 0.25) is 0 Å². The number of hydrogen-bond acceptors (Lipinski definition) is 5. The number of rotatable bonds is 6. The predicted octanol–water partition coefficient (Wildman–Crippen LogP) is 5.28. The van der Waals surface area contributed by atoms with Crippen LogP contribution in [0.5, 0.6) is 5.75 Å². The van der Waals surface area contributed by atoms with Crippen molar-refractivity contribution in [2.75, 3.05) is 18.9 Å². The topological polar surface area (TPSA) is 74.2 Å². The number of nitrogens with zero attached hydrogens (tertiary/aromatic N) is 1. The highest BCUT2D eigenvalue weighted by molar-refractivity contribution is 6.07. The third-order valence-electron chi connectivity index (χ3n) is 6.29. The minimum absolute atomic E-state index is 0.0992. The van der Waals surface area contributed by atoms with E-state index in [-0.39, 0.29) is 11.8 Å². The number of carbonyl (C=O) groups is 1. The number of aromatic hydroxyl groups is 1. The lowest BCUT2D eigenvalue weighted by atomic mass is 9.85. The third-order valence-corrected chi connectivity index (χ3v) is 6.29. The average molecular weight is 440 g/mol. The Hall–Kier alpha value is -3.06. The van der Waals surface area contributed by atoms with Crippen molar-refractivity contribution < 1.29 is 18.7 Å². The largest absolute Gasteiger partial charge is 0.503 e. The molecule has 32 heavy (non-hydrogen) atoms. The summed E-state index contributed by atoms with van der Waals surface area (Å²) < 4.78 is 27.8. The summed E-state index contributed by atoms with van der Waals surface area (Å²) in [6.07, 6.45) is 5.80. The molecule has 4 rings (SSSR count). The number of phenolic OH excluding ortho intramolecular Hbond substituents is 1. The normalized spacial score (nSPS) is 18.6. The number of benzene rings is 2. The van der Waals surface area contributed by atoms with Gasteiger partial charge in [-0.3, -0.25) is 9.78 Å². The fourth-order valence-corrected chi connectivity index (χ4v) is 4.53. The van der Waals surface area contributed by atoms with Gasteiger partial charge in [0.15, 0.2) is 23.2 Å². The average Bonchev–Trinajstić information content (AvgIpc) is 2.78. The number of anilines is 1. The van der Waals surface area contributed by atoms with Gasteiger partial charge in [-0.25, -0.2) is 8.78 Å². The van der Waals surface area contributed by atoms with Crippen molar-refractivity contribution >= 4 is 22.4 Å². The molecule has 1 aromatic heterocycles. The number of Topliss-reactive ketones (excluding diaryl/α,β-unsaturated/α-hetero) is 1. The molecule has 0 unspecified atom stereocenters. The molecule has 3 N–H and O–H groups in total. The van der Waals surface area contributed by atoms with Gasteiger partial charge in [-0.2, -0.15) is 0 Å². The summed E-state index contributed by atoms with van der Waals surface area (Å²) in [7, 11) is 1.97. The molecule has 1 fully saturated rings. The summed E-state index contributed by atoms with van der Waals surface area (Å²) in [6.45, 7) is 2.51. The zero-order chi connectivity index (χ0) is 22.8. The number of aromatic nitrogens is 1. The number of halogens is 2. The molecule has 0 atom stereocenters. The second-order valence-electron chi connectivity index (χ2n) is 8.54. The molecule has 1 heterocycles. The molecule has 2 aromatic carbocycles. The van der Waals surface area contributed by atoms with Crippen molar-refractivity contribution in [2.24, 2.45) is 5.92 Å². The molecule has 0 amide bonds. The lowest BCUT2D eigenvalue weighted by Crippen LogP contribution is -2.30. The van der Waals surface area contributed by atoms with E-state index in [0.717, 1.165) is 49.7 Å². The molecule has 0 bridgehead atoms. The molecule has 168 valence electrons. The second kappa shape index (κ2) is 9.20. The number of nitrogens with one attached hydrogen (secondary N) is 2. The molecular formula is C25H27F2N3O2. The Bertz CT molecular complexity index is 1130. The van der Waals surface area contributed by atoms with Crippen molar-refractivity contribution in [1.82, 2.24) is 10.3 Å². The second-order valence-corrected chi connectivity index (χ2v) is 8.54. The molecule has 5 nitrogen and oxygen atoms in total. The molecule has 0 spiro atoms. The van der Waals surface area contributed by atoms with Gasteiger partial charge < -0.3 is 15.7 Å². The molecule has 1 aliphatic rings. The number of carbonyl (C=O) groups excluding carboxylic acids is 1. The first-order valence-corrected chi connectivity index (χ1v) is 10.9. The van der Waals surface area contributed by atoms with Crippen LogP contribution < -0.4 is 10.6 Å². The van der Waals surface area contributed by atoms with Gasteiger partial charge in [-0.05, 0) is 87.5 Å². The fourth-order valence-electron chi connectivity index (χ4n) is 4.53. The molecule has 0 saturated heterocycles. The van der Waals surface area contributed by atoms with Gasteiger partial charge in [0.2, 0.25) is 0 Å². The SMILES string of the molecule is CNCC1CCC(Nc2c(C(C)=O)cnc3ccc(-c4cc(F)c(O)c(F)c4)cc23)CC1. The lowest BCUT2D eigenvalue weighted by Gasteiger charge is -2.30. The Morgan fingerprint density at radius 1 is 1.09 bits per heavy atom. The molecule has 3 aromatic rings. The van der Waals surface area contributed by atoms with Crippen LogP contribution in [-0.4, -0.2) is 35.5 Å². The van der Waals surface area contributed by atoms with E-state index in [1.807, 2.05) is 7.05 Å². The van der Waals surface area contributed by atoms with Crippen molar-refractivity contribution in [2.45, 2.75) is 38.6 Å². The highest BCUT2D eigenvalue weighted by atomic mass is 19.1. The number of ketones is 1. The zero-order valence-electron chi connectivity index (χ0n) is 18.2. The summed E-state index contributed by atoms with van der Waals surface area (Å²) in [4.78, 5) is 16.8. The first-order chi connectivity index (χ1) is 15.4. The summed E-state index contributed by atoms with van der Waals surface area (Å²) in [5.41, 5.74) is 2.76. The van der Waals surface area contributed by atoms with Crippen LogP contribution in [-0.2, 0) is 0 Å². The van der Waals surface area contributed by atoms with E-state index < -0.39 is 17.4 Å². The van der Waals surface area contributed by atoms with Crippen molar-refractivity contribution in [1.29, 1.82) is 0 Å². The Morgan fingerprint density at radius 2 is 1.78 bits per heavy atom. The highest BCUT2D eigenvalue weighted by Gasteiger charge is 2.23. The van der Waals surface area contributed by atoms with Crippen molar-refractivity contribution in [3.05, 3.63) is 53.7 Å². The lowest BCUT2D eigenvalue weighted by molar-refractivity contribution is 0.101. The van der Waals surface area contributed by atoms with E-state index in [9.17, 15) is 18.7 Å². The standard InChI is InChI=1S/C25H27F2N3O2/c1-14(31)20-13-29-23-8-5-16(17-10-21(26)25(32)22(27)11-17)9-19(23)24(20)30-18-6-3-15(4-7-18)12-28-2/h5,8-11,13,15,18,28,32H,3-4,6-7,12H2,1-2H3,(H,29,30). The first-order valence-electron chi connectivity index (χ1n) is 10.9. The Kier molecular flexibility index (Phi) is 6.37. The molecule has 0 radical (unpaired) electrons. The van der Waals surface area contributed by atoms with E-state index in [1.54, 1.807) is 24.4 Å². The van der Waals surface area contributed by atoms with E-state index in [1.165, 1.54) is 6.92 Å². The summed E-state index contributed by atoms with van der Waals surface area (Å²) in [6, 6.07) is 7.71. The summed E-state index contributed by atoms with van der Waals surface area (Å²) >= 11 is 0. The predicted molar refractivity (Wildman–Crippen MR) is 122 cm³/mol.